The molecule has 0 unspecified atom stereocenters. The quantitative estimate of drug-likeness (QED) is 0.214. The van der Waals surface area contributed by atoms with Gasteiger partial charge in [0.15, 0.2) is 11.5 Å². The molecule has 0 N–H and O–H groups in total. The number of aromatic nitrogens is 1. The molecule has 0 aliphatic heterocycles. The van der Waals surface area contributed by atoms with E-state index >= 15 is 0 Å². The molecule has 0 fully saturated rings. The summed E-state index contributed by atoms with van der Waals surface area (Å²) in [6.45, 7) is 4.23. The standard InChI is InChI=1S/C21H23N2O3S/c1-5-23-19-9-7-6-8-16(19)17-12-15(10-11-20(17)23)21(25)18(13-27(3)4)22-26-14(2)24/h6-12H,5,13H2,1-4H3/q+1/b22-18+. The van der Waals surface area contributed by atoms with Gasteiger partial charge in [0.05, 0.1) is 12.5 Å². The van der Waals surface area contributed by atoms with E-state index in [1.807, 2.05) is 42.8 Å². The van der Waals surface area contributed by atoms with Gasteiger partial charge in [0.2, 0.25) is 5.78 Å². The lowest BCUT2D eigenvalue weighted by atomic mass is 10.0. The van der Waals surface area contributed by atoms with Crippen molar-refractivity contribution in [1.29, 1.82) is 0 Å². The molecule has 27 heavy (non-hydrogen) atoms. The molecule has 0 bridgehead atoms. The molecule has 1 aromatic heterocycles. The molecule has 3 rings (SSSR count). The first kappa shape index (κ1) is 19.2. The van der Waals surface area contributed by atoms with Crippen molar-refractivity contribution in [1.82, 2.24) is 4.57 Å². The molecule has 0 spiro atoms. The number of hydrogen-bond donors (Lipinski definition) is 0. The minimum atomic E-state index is -0.533. The number of rotatable bonds is 6. The number of aryl methyl sites for hydroxylation is 1. The molecule has 0 aliphatic rings. The number of fused-ring (bicyclic) bond motifs is 3. The van der Waals surface area contributed by atoms with Gasteiger partial charge in [0.25, 0.3) is 0 Å². The zero-order chi connectivity index (χ0) is 19.6. The predicted octanol–water partition coefficient (Wildman–Crippen LogP) is 3.79. The Labute approximate surface area is 161 Å². The Kier molecular flexibility index (Phi) is 5.65. The number of oxime groups is 1. The third-order valence-electron chi connectivity index (χ3n) is 4.32. The minimum absolute atomic E-state index is 0.0484. The van der Waals surface area contributed by atoms with E-state index < -0.39 is 5.97 Å². The maximum absolute atomic E-state index is 13.0. The zero-order valence-corrected chi connectivity index (χ0v) is 16.8. The number of carbonyl (C=O) groups excluding carboxylic acids is 2. The summed E-state index contributed by atoms with van der Waals surface area (Å²) in [4.78, 5) is 28.9. The van der Waals surface area contributed by atoms with Gasteiger partial charge in [0, 0.05) is 40.8 Å². The first-order chi connectivity index (χ1) is 12.9. The Bertz CT molecular complexity index is 1050. The highest BCUT2D eigenvalue weighted by Gasteiger charge is 2.22. The molecular weight excluding hydrogens is 360 g/mol. The fourth-order valence-corrected chi connectivity index (χ4v) is 3.96. The van der Waals surface area contributed by atoms with Crippen LogP contribution in [0.5, 0.6) is 0 Å². The van der Waals surface area contributed by atoms with Crippen LogP contribution >= 0.6 is 0 Å². The summed E-state index contributed by atoms with van der Waals surface area (Å²) in [7, 11) is -0.0484. The van der Waals surface area contributed by atoms with E-state index in [9.17, 15) is 9.59 Å². The van der Waals surface area contributed by atoms with E-state index in [4.69, 9.17) is 4.84 Å². The number of ketones is 1. The van der Waals surface area contributed by atoms with Gasteiger partial charge in [-0.25, -0.2) is 4.79 Å². The Hall–Kier alpha value is -2.60. The van der Waals surface area contributed by atoms with Crippen LogP contribution in [-0.4, -0.2) is 40.3 Å². The van der Waals surface area contributed by atoms with Gasteiger partial charge in [-0.15, -0.1) is 0 Å². The Morgan fingerprint density at radius 1 is 1.07 bits per heavy atom. The van der Waals surface area contributed by atoms with Gasteiger partial charge in [-0.3, -0.25) is 4.79 Å². The van der Waals surface area contributed by atoms with Gasteiger partial charge in [-0.1, -0.05) is 23.4 Å². The summed E-state index contributed by atoms with van der Waals surface area (Å²) in [6.07, 6.45) is 4.04. The zero-order valence-electron chi connectivity index (χ0n) is 16.0. The number of benzene rings is 2. The molecule has 2 aromatic carbocycles. The van der Waals surface area contributed by atoms with Gasteiger partial charge >= 0.3 is 5.97 Å². The van der Waals surface area contributed by atoms with Crippen LogP contribution in [0.25, 0.3) is 21.8 Å². The molecule has 140 valence electrons. The number of Topliss-reactive ketones (excluding diaryl/α,β-unsaturated/α-hetero) is 1. The molecule has 1 heterocycles. The third kappa shape index (κ3) is 3.90. The first-order valence-electron chi connectivity index (χ1n) is 8.76. The molecular formula is C21H23N2O3S+. The summed E-state index contributed by atoms with van der Waals surface area (Å²) < 4.78 is 2.24. The molecule has 0 saturated carbocycles. The number of para-hydroxylation sites is 1. The highest BCUT2D eigenvalue weighted by molar-refractivity contribution is 7.96. The number of nitrogens with zero attached hydrogens (tertiary/aromatic N) is 2. The molecule has 0 aliphatic carbocycles. The minimum Gasteiger partial charge on any atom is -0.341 e. The largest absolute Gasteiger partial charge is 0.341 e. The van der Waals surface area contributed by atoms with E-state index in [-0.39, 0.29) is 22.4 Å². The van der Waals surface area contributed by atoms with Crippen molar-refractivity contribution in [2.24, 2.45) is 5.16 Å². The fraction of sp³-hybridized carbons (Fsp3) is 0.286. The van der Waals surface area contributed by atoms with Crippen molar-refractivity contribution in [3.05, 3.63) is 48.0 Å². The SMILES string of the molecule is CCn1c2ccccc2c2cc(C(=O)/C(C[S+](C)C)=N/OC(C)=O)ccc21. The van der Waals surface area contributed by atoms with Crippen LogP contribution in [0.4, 0.5) is 0 Å². The Morgan fingerprint density at radius 3 is 2.44 bits per heavy atom. The summed E-state index contributed by atoms with van der Waals surface area (Å²) in [5.41, 5.74) is 3.08. The first-order valence-corrected chi connectivity index (χ1v) is 11.0. The van der Waals surface area contributed by atoms with Crippen molar-refractivity contribution in [3.8, 4) is 0 Å². The van der Waals surface area contributed by atoms with Gasteiger partial charge in [-0.05, 0) is 42.1 Å². The lowest BCUT2D eigenvalue weighted by Crippen LogP contribution is -2.24. The van der Waals surface area contributed by atoms with E-state index in [0.29, 0.717) is 11.3 Å². The van der Waals surface area contributed by atoms with Crippen LogP contribution in [0.3, 0.4) is 0 Å². The van der Waals surface area contributed by atoms with E-state index in [2.05, 4.69) is 28.8 Å². The smallest absolute Gasteiger partial charge is 0.331 e. The molecule has 0 amide bonds. The Balaban J connectivity index is 2.10. The van der Waals surface area contributed by atoms with E-state index in [0.717, 1.165) is 28.4 Å². The van der Waals surface area contributed by atoms with Crippen molar-refractivity contribution in [2.75, 3.05) is 18.3 Å². The van der Waals surface area contributed by atoms with Gasteiger partial charge in [-0.2, -0.15) is 0 Å². The molecule has 0 radical (unpaired) electrons. The van der Waals surface area contributed by atoms with Crippen molar-refractivity contribution >= 4 is 50.2 Å². The highest BCUT2D eigenvalue weighted by Crippen LogP contribution is 2.29. The second kappa shape index (κ2) is 7.96. The topological polar surface area (TPSA) is 60.7 Å². The predicted molar refractivity (Wildman–Crippen MR) is 113 cm³/mol. The van der Waals surface area contributed by atoms with Crippen LogP contribution in [-0.2, 0) is 27.1 Å². The normalized spacial score (nSPS) is 12.1. The average molecular weight is 383 g/mol. The number of carbonyl (C=O) groups is 2. The Morgan fingerprint density at radius 2 is 1.78 bits per heavy atom. The maximum atomic E-state index is 13.0. The van der Waals surface area contributed by atoms with Crippen molar-refractivity contribution < 1.29 is 14.4 Å². The summed E-state index contributed by atoms with van der Waals surface area (Å²) in [5, 5.41) is 5.98. The van der Waals surface area contributed by atoms with Crippen LogP contribution in [0.15, 0.2) is 47.6 Å². The third-order valence-corrected chi connectivity index (χ3v) is 5.17. The second-order valence-electron chi connectivity index (χ2n) is 6.57. The van der Waals surface area contributed by atoms with Crippen LogP contribution in [0, 0.1) is 0 Å². The van der Waals surface area contributed by atoms with Crippen LogP contribution in [0.2, 0.25) is 0 Å². The van der Waals surface area contributed by atoms with Crippen LogP contribution < -0.4 is 0 Å². The van der Waals surface area contributed by atoms with Crippen LogP contribution in [0.1, 0.15) is 24.2 Å². The monoisotopic (exact) mass is 383 g/mol. The second-order valence-corrected chi connectivity index (χ2v) is 8.83. The molecule has 6 heteroatoms. The van der Waals surface area contributed by atoms with E-state index in [1.54, 1.807) is 0 Å². The maximum Gasteiger partial charge on any atom is 0.331 e. The molecule has 5 nitrogen and oxygen atoms in total. The number of hydrogen-bond acceptors (Lipinski definition) is 4. The molecule has 0 saturated heterocycles. The summed E-state index contributed by atoms with van der Waals surface area (Å²) in [5.74, 6) is -0.262. The van der Waals surface area contributed by atoms with E-state index in [1.165, 1.54) is 6.92 Å². The van der Waals surface area contributed by atoms with Crippen molar-refractivity contribution in [3.63, 3.8) is 0 Å². The lowest BCUT2D eigenvalue weighted by Gasteiger charge is -2.05. The molecule has 3 aromatic rings. The summed E-state index contributed by atoms with van der Waals surface area (Å²) >= 11 is 0. The highest BCUT2D eigenvalue weighted by atomic mass is 32.2. The van der Waals surface area contributed by atoms with Gasteiger partial charge in [0.1, 0.15) is 0 Å². The fourth-order valence-electron chi connectivity index (χ4n) is 3.23. The average Bonchev–Trinajstić information content (AvgIpc) is 2.97. The summed E-state index contributed by atoms with van der Waals surface area (Å²) in [6, 6.07) is 13.9. The molecule has 0 atom stereocenters. The van der Waals surface area contributed by atoms with Crippen molar-refractivity contribution in [2.45, 2.75) is 20.4 Å². The van der Waals surface area contributed by atoms with Gasteiger partial charge < -0.3 is 9.40 Å². The lowest BCUT2D eigenvalue weighted by molar-refractivity contribution is -0.140.